The summed E-state index contributed by atoms with van der Waals surface area (Å²) in [5, 5.41) is 0. The molecule has 0 spiro atoms. The average Bonchev–Trinajstić information content (AvgIpc) is 2.67. The first kappa shape index (κ1) is 10.7. The monoisotopic (exact) mass is 196 g/mol. The maximum Gasteiger partial charge on any atom is 0.146 e. The van der Waals surface area contributed by atoms with Crippen molar-refractivity contribution in [2.45, 2.75) is 45.1 Å². The second kappa shape index (κ2) is 4.77. The largest absolute Gasteiger partial charge is 0.422 e. The van der Waals surface area contributed by atoms with E-state index in [9.17, 15) is 0 Å². The highest BCUT2D eigenvalue weighted by Gasteiger charge is 2.25. The second-order valence-electron chi connectivity index (χ2n) is 3.73. The van der Waals surface area contributed by atoms with E-state index >= 15 is 0 Å². The Morgan fingerprint density at radius 1 is 1.46 bits per heavy atom. The second-order valence-corrected chi connectivity index (χ2v) is 4.14. The zero-order chi connectivity index (χ0) is 9.73. The molecule has 1 aliphatic carbocycles. The zero-order valence-electron chi connectivity index (χ0n) is 8.97. The molecule has 1 aliphatic rings. The van der Waals surface area contributed by atoms with Gasteiger partial charge < -0.3 is 4.43 Å². The maximum absolute atomic E-state index is 5.77. The van der Waals surface area contributed by atoms with E-state index < -0.39 is 0 Å². The summed E-state index contributed by atoms with van der Waals surface area (Å²) in [6.07, 6.45) is 11.1. The minimum atomic E-state index is 0.143. The minimum Gasteiger partial charge on any atom is -0.422 e. The van der Waals surface area contributed by atoms with Gasteiger partial charge in [0.15, 0.2) is 0 Å². The van der Waals surface area contributed by atoms with Gasteiger partial charge in [0.25, 0.3) is 0 Å². The Labute approximate surface area is 84.4 Å². The molecule has 0 aromatic carbocycles. The summed E-state index contributed by atoms with van der Waals surface area (Å²) in [7, 11) is 0.849. The Morgan fingerprint density at radius 2 is 2.15 bits per heavy atom. The Morgan fingerprint density at radius 3 is 2.54 bits per heavy atom. The molecule has 1 rings (SSSR count). The van der Waals surface area contributed by atoms with Gasteiger partial charge in [-0.05, 0) is 25.7 Å². The molecule has 0 aromatic rings. The first-order valence-corrected chi connectivity index (χ1v) is 5.97. The predicted molar refractivity (Wildman–Crippen MR) is 60.8 cm³/mol. The van der Waals surface area contributed by atoms with Gasteiger partial charge in [0.1, 0.15) is 10.5 Å². The summed E-state index contributed by atoms with van der Waals surface area (Å²) in [6, 6.07) is 0. The van der Waals surface area contributed by atoms with Crippen molar-refractivity contribution < 1.29 is 4.43 Å². The van der Waals surface area contributed by atoms with Crippen LogP contribution in [0.5, 0.6) is 0 Å². The lowest BCUT2D eigenvalue weighted by Crippen LogP contribution is -2.30. The molecule has 0 amide bonds. The molecule has 0 saturated carbocycles. The number of allylic oxidation sites excluding steroid dienone is 3. The molecular formula is C11H20OSi. The molecule has 74 valence electrons. The van der Waals surface area contributed by atoms with Gasteiger partial charge in [-0.3, -0.25) is 0 Å². The third-order valence-electron chi connectivity index (χ3n) is 3.12. The van der Waals surface area contributed by atoms with E-state index in [0.29, 0.717) is 0 Å². The van der Waals surface area contributed by atoms with Crippen LogP contribution in [-0.2, 0) is 4.43 Å². The van der Waals surface area contributed by atoms with Gasteiger partial charge in [0.05, 0.1) is 5.60 Å². The molecule has 13 heavy (non-hydrogen) atoms. The van der Waals surface area contributed by atoms with E-state index in [4.69, 9.17) is 4.43 Å². The fourth-order valence-electron chi connectivity index (χ4n) is 1.90. The summed E-state index contributed by atoms with van der Waals surface area (Å²) >= 11 is 0. The number of rotatable bonds is 5. The highest BCUT2D eigenvalue weighted by atomic mass is 28.2. The van der Waals surface area contributed by atoms with Crippen LogP contribution in [0.1, 0.15) is 39.5 Å². The first-order valence-electron chi connectivity index (χ1n) is 5.16. The fourth-order valence-corrected chi connectivity index (χ4v) is 2.62. The summed E-state index contributed by atoms with van der Waals surface area (Å²) in [6.45, 7) is 4.45. The van der Waals surface area contributed by atoms with Gasteiger partial charge in [-0.2, -0.15) is 0 Å². The molecule has 0 fully saturated rings. The first-order chi connectivity index (χ1) is 6.26. The Bertz CT molecular complexity index is 206. The van der Waals surface area contributed by atoms with E-state index in [-0.39, 0.29) is 5.60 Å². The van der Waals surface area contributed by atoms with Crippen molar-refractivity contribution in [1.82, 2.24) is 0 Å². The van der Waals surface area contributed by atoms with Gasteiger partial charge in [0, 0.05) is 0 Å². The van der Waals surface area contributed by atoms with Crippen molar-refractivity contribution in [2.24, 2.45) is 0 Å². The van der Waals surface area contributed by atoms with E-state index in [2.05, 4.69) is 32.1 Å². The summed E-state index contributed by atoms with van der Waals surface area (Å²) in [4.78, 5) is 0. The lowest BCUT2D eigenvalue weighted by Gasteiger charge is -2.31. The van der Waals surface area contributed by atoms with Crippen LogP contribution in [0.25, 0.3) is 0 Å². The lowest BCUT2D eigenvalue weighted by atomic mass is 9.89. The summed E-state index contributed by atoms with van der Waals surface area (Å²) in [5.74, 6) is 0. The standard InChI is InChI=1S/C11H20OSi/c1-3-11(4-2,12-13)9-10-7-5-6-8-10/h5-7H,3-4,8-9H2,1-2,13H3. The van der Waals surface area contributed by atoms with Gasteiger partial charge in [-0.15, -0.1) is 0 Å². The van der Waals surface area contributed by atoms with Crippen molar-refractivity contribution in [3.8, 4) is 0 Å². The Balaban J connectivity index is 2.56. The maximum atomic E-state index is 5.77. The van der Waals surface area contributed by atoms with Gasteiger partial charge in [-0.25, -0.2) is 0 Å². The number of hydrogen-bond acceptors (Lipinski definition) is 1. The smallest absolute Gasteiger partial charge is 0.146 e. The third kappa shape index (κ3) is 2.55. The summed E-state index contributed by atoms with van der Waals surface area (Å²) in [5.41, 5.74) is 1.67. The molecule has 0 atom stereocenters. The summed E-state index contributed by atoms with van der Waals surface area (Å²) < 4.78 is 5.77. The molecular weight excluding hydrogens is 176 g/mol. The normalized spacial score (nSPS) is 16.6. The van der Waals surface area contributed by atoms with Crippen molar-refractivity contribution in [3.05, 3.63) is 23.8 Å². The van der Waals surface area contributed by atoms with Crippen molar-refractivity contribution in [1.29, 1.82) is 0 Å². The molecule has 0 aliphatic heterocycles. The van der Waals surface area contributed by atoms with Crippen LogP contribution in [-0.4, -0.2) is 16.1 Å². The highest BCUT2D eigenvalue weighted by molar-refractivity contribution is 5.98. The Hall–Kier alpha value is -0.343. The van der Waals surface area contributed by atoms with E-state index in [1.54, 1.807) is 0 Å². The number of hydrogen-bond donors (Lipinski definition) is 0. The molecule has 0 aromatic heterocycles. The lowest BCUT2D eigenvalue weighted by molar-refractivity contribution is 0.0710. The van der Waals surface area contributed by atoms with Crippen LogP contribution < -0.4 is 0 Å². The van der Waals surface area contributed by atoms with Crippen molar-refractivity contribution in [3.63, 3.8) is 0 Å². The van der Waals surface area contributed by atoms with E-state index in [0.717, 1.165) is 36.2 Å². The molecule has 0 unspecified atom stereocenters. The zero-order valence-corrected chi connectivity index (χ0v) is 11.0. The Kier molecular flexibility index (Phi) is 3.94. The molecule has 2 heteroatoms. The topological polar surface area (TPSA) is 9.23 Å². The molecule has 0 heterocycles. The van der Waals surface area contributed by atoms with Crippen LogP contribution in [0, 0.1) is 0 Å². The van der Waals surface area contributed by atoms with Gasteiger partial charge in [-0.1, -0.05) is 37.6 Å². The molecule has 0 bridgehead atoms. The highest BCUT2D eigenvalue weighted by Crippen LogP contribution is 2.30. The quantitative estimate of drug-likeness (QED) is 0.612. The molecule has 0 N–H and O–H groups in total. The molecule has 0 saturated heterocycles. The van der Waals surface area contributed by atoms with Gasteiger partial charge >= 0.3 is 0 Å². The van der Waals surface area contributed by atoms with Crippen molar-refractivity contribution >= 4 is 10.5 Å². The average molecular weight is 196 g/mol. The fraction of sp³-hybridized carbons (Fsp3) is 0.636. The minimum absolute atomic E-state index is 0.143. The molecule has 0 radical (unpaired) electrons. The van der Waals surface area contributed by atoms with E-state index in [1.165, 1.54) is 5.57 Å². The van der Waals surface area contributed by atoms with Crippen LogP contribution in [0.15, 0.2) is 23.8 Å². The molecule has 1 nitrogen and oxygen atoms in total. The third-order valence-corrected chi connectivity index (χ3v) is 3.98. The van der Waals surface area contributed by atoms with Gasteiger partial charge in [0.2, 0.25) is 0 Å². The van der Waals surface area contributed by atoms with Crippen LogP contribution >= 0.6 is 0 Å². The van der Waals surface area contributed by atoms with Crippen LogP contribution in [0.3, 0.4) is 0 Å². The van der Waals surface area contributed by atoms with Crippen LogP contribution in [0.2, 0.25) is 0 Å². The van der Waals surface area contributed by atoms with Crippen molar-refractivity contribution in [2.75, 3.05) is 0 Å². The SMILES string of the molecule is CCC(CC)(CC1=CC=CC1)O[SiH3]. The van der Waals surface area contributed by atoms with Crippen LogP contribution in [0.4, 0.5) is 0 Å². The predicted octanol–water partition coefficient (Wildman–Crippen LogP) is 2.12. The van der Waals surface area contributed by atoms with E-state index in [1.807, 2.05) is 0 Å².